The van der Waals surface area contributed by atoms with Gasteiger partial charge in [0.15, 0.2) is 18.5 Å². The molecule has 1 saturated heterocycles. The molecular weight excluding hydrogens is 350 g/mol. The molecule has 0 bridgehead atoms. The maximum absolute atomic E-state index is 11.3. The lowest BCUT2D eigenvalue weighted by atomic mass is 9.97. The van der Waals surface area contributed by atoms with Crippen molar-refractivity contribution in [2.75, 3.05) is 5.33 Å². The monoisotopic (exact) mass is 367 g/mol. The molecule has 21 heavy (non-hydrogen) atoms. The normalized spacial score (nSPS) is 32.1. The van der Waals surface area contributed by atoms with Gasteiger partial charge in [-0.3, -0.25) is 14.4 Å². The molecule has 8 nitrogen and oxygen atoms in total. The van der Waals surface area contributed by atoms with Gasteiger partial charge in [-0.25, -0.2) is 0 Å². The van der Waals surface area contributed by atoms with Crippen LogP contribution in [0, 0.1) is 0 Å². The highest BCUT2D eigenvalue weighted by molar-refractivity contribution is 9.09. The van der Waals surface area contributed by atoms with Crippen molar-refractivity contribution in [3.05, 3.63) is 0 Å². The van der Waals surface area contributed by atoms with E-state index in [0.717, 1.165) is 0 Å². The molecule has 9 heteroatoms. The lowest BCUT2D eigenvalue weighted by molar-refractivity contribution is -0.252. The van der Waals surface area contributed by atoms with Crippen LogP contribution >= 0.6 is 15.9 Å². The first kappa shape index (κ1) is 17.9. The van der Waals surface area contributed by atoms with Gasteiger partial charge in [0.2, 0.25) is 5.91 Å². The summed E-state index contributed by atoms with van der Waals surface area (Å²) in [5, 5.41) is 12.6. The summed E-state index contributed by atoms with van der Waals surface area (Å²) in [5.41, 5.74) is 0. The average molecular weight is 368 g/mol. The molecule has 2 N–H and O–H groups in total. The molecule has 0 unspecified atom stereocenters. The second-order valence-corrected chi connectivity index (χ2v) is 5.24. The Morgan fingerprint density at radius 3 is 2.10 bits per heavy atom. The van der Waals surface area contributed by atoms with Crippen molar-refractivity contribution in [2.45, 2.75) is 51.4 Å². The fourth-order valence-electron chi connectivity index (χ4n) is 2.10. The fourth-order valence-corrected chi connectivity index (χ4v) is 2.62. The molecule has 1 heterocycles. The number of hydrogen-bond acceptors (Lipinski definition) is 7. The van der Waals surface area contributed by atoms with Crippen LogP contribution in [0.4, 0.5) is 0 Å². The molecule has 1 rings (SSSR count). The van der Waals surface area contributed by atoms with E-state index in [1.165, 1.54) is 20.8 Å². The van der Waals surface area contributed by atoms with Crippen LogP contribution in [0.3, 0.4) is 0 Å². The SMILES string of the molecule is CC(=O)N[C@@H]1[C@@H](OC(C)=O)[C@H](OC(C)=O)[C@@H](CBr)O[C@H]1O. The molecular formula is C12H18BrNO7. The first-order valence-electron chi connectivity index (χ1n) is 6.27. The van der Waals surface area contributed by atoms with E-state index in [1.54, 1.807) is 0 Å². The van der Waals surface area contributed by atoms with E-state index in [9.17, 15) is 19.5 Å². The Hall–Kier alpha value is -1.19. The Morgan fingerprint density at radius 2 is 1.67 bits per heavy atom. The molecule has 1 aliphatic rings. The number of aliphatic hydroxyl groups is 1. The van der Waals surface area contributed by atoms with Crippen LogP contribution in [-0.4, -0.2) is 58.9 Å². The predicted molar refractivity (Wildman–Crippen MR) is 73.4 cm³/mol. The zero-order valence-corrected chi connectivity index (χ0v) is 13.5. The van der Waals surface area contributed by atoms with E-state index in [1.807, 2.05) is 0 Å². The highest BCUT2D eigenvalue weighted by Gasteiger charge is 2.49. The quantitative estimate of drug-likeness (QED) is 0.507. The van der Waals surface area contributed by atoms with Gasteiger partial charge in [-0.05, 0) is 0 Å². The standard InChI is InChI=1S/C12H18BrNO7/c1-5(15)14-9-11(20-7(3)17)10(19-6(2)16)8(4-13)21-12(9)18/h8-12,18H,4H2,1-3H3,(H,14,15)/t8-,9-,10-,11-,12-/m1/s1. The van der Waals surface area contributed by atoms with Crippen LogP contribution in [0.2, 0.25) is 0 Å². The first-order valence-corrected chi connectivity index (χ1v) is 7.39. The number of aliphatic hydroxyl groups excluding tert-OH is 1. The van der Waals surface area contributed by atoms with Crippen LogP contribution in [-0.2, 0) is 28.6 Å². The van der Waals surface area contributed by atoms with Crippen LogP contribution in [0.1, 0.15) is 20.8 Å². The summed E-state index contributed by atoms with van der Waals surface area (Å²) >= 11 is 3.18. The summed E-state index contributed by atoms with van der Waals surface area (Å²) in [6, 6.07) is -1.04. The number of rotatable bonds is 4. The Bertz CT molecular complexity index is 416. The largest absolute Gasteiger partial charge is 0.456 e. The second kappa shape index (κ2) is 7.71. The minimum atomic E-state index is -1.40. The van der Waals surface area contributed by atoms with Crippen LogP contribution in [0.5, 0.6) is 0 Å². The Balaban J connectivity index is 3.08. The van der Waals surface area contributed by atoms with E-state index in [-0.39, 0.29) is 5.33 Å². The fraction of sp³-hybridized carbons (Fsp3) is 0.750. The third-order valence-corrected chi connectivity index (χ3v) is 3.43. The molecule has 0 aromatic heterocycles. The average Bonchev–Trinajstić information content (AvgIpc) is 2.35. The summed E-state index contributed by atoms with van der Waals surface area (Å²) in [6.07, 6.45) is -4.13. The molecule has 5 atom stereocenters. The van der Waals surface area contributed by atoms with Crippen molar-refractivity contribution in [1.82, 2.24) is 5.32 Å². The van der Waals surface area contributed by atoms with Crippen molar-refractivity contribution in [1.29, 1.82) is 0 Å². The highest BCUT2D eigenvalue weighted by Crippen LogP contribution is 2.26. The van der Waals surface area contributed by atoms with Crippen molar-refractivity contribution >= 4 is 33.8 Å². The number of ether oxygens (including phenoxy) is 3. The number of hydrogen-bond donors (Lipinski definition) is 2. The summed E-state index contributed by atoms with van der Waals surface area (Å²) in [6.45, 7) is 3.63. The first-order chi connectivity index (χ1) is 9.76. The highest BCUT2D eigenvalue weighted by atomic mass is 79.9. The molecule has 1 amide bonds. The van der Waals surface area contributed by atoms with Gasteiger partial charge in [0.05, 0.1) is 0 Å². The van der Waals surface area contributed by atoms with E-state index >= 15 is 0 Å². The van der Waals surface area contributed by atoms with Gasteiger partial charge in [0.25, 0.3) is 0 Å². The minimum absolute atomic E-state index is 0.243. The van der Waals surface area contributed by atoms with Crippen molar-refractivity contribution < 1.29 is 33.7 Å². The van der Waals surface area contributed by atoms with Gasteiger partial charge in [-0.1, -0.05) is 15.9 Å². The maximum atomic E-state index is 11.3. The maximum Gasteiger partial charge on any atom is 0.303 e. The summed E-state index contributed by atoms with van der Waals surface area (Å²) < 4.78 is 15.6. The number of halogens is 1. The smallest absolute Gasteiger partial charge is 0.303 e. The molecule has 0 aromatic rings. The third-order valence-electron chi connectivity index (χ3n) is 2.79. The summed E-state index contributed by atoms with van der Waals surface area (Å²) in [5.74, 6) is -1.67. The molecule has 0 aromatic carbocycles. The van der Waals surface area contributed by atoms with Crippen LogP contribution < -0.4 is 5.32 Å². The number of carbonyl (C=O) groups excluding carboxylic acids is 3. The van der Waals surface area contributed by atoms with Crippen molar-refractivity contribution in [3.8, 4) is 0 Å². The van der Waals surface area contributed by atoms with E-state index in [2.05, 4.69) is 21.2 Å². The van der Waals surface area contributed by atoms with Gasteiger partial charge in [-0.15, -0.1) is 0 Å². The minimum Gasteiger partial charge on any atom is -0.456 e. The van der Waals surface area contributed by atoms with Crippen LogP contribution in [0.25, 0.3) is 0 Å². The van der Waals surface area contributed by atoms with Gasteiger partial charge >= 0.3 is 11.9 Å². The second-order valence-electron chi connectivity index (χ2n) is 4.59. The van der Waals surface area contributed by atoms with Gasteiger partial charge < -0.3 is 24.6 Å². The van der Waals surface area contributed by atoms with Crippen molar-refractivity contribution in [3.63, 3.8) is 0 Å². The molecule has 120 valence electrons. The van der Waals surface area contributed by atoms with E-state index in [0.29, 0.717) is 0 Å². The Labute approximate surface area is 130 Å². The molecule has 0 radical (unpaired) electrons. The zero-order valence-electron chi connectivity index (χ0n) is 11.9. The summed E-state index contributed by atoms with van der Waals surface area (Å²) in [4.78, 5) is 33.7. The van der Waals surface area contributed by atoms with Gasteiger partial charge in [0.1, 0.15) is 12.1 Å². The Morgan fingerprint density at radius 1 is 1.14 bits per heavy atom. The topological polar surface area (TPSA) is 111 Å². The third kappa shape index (κ3) is 4.94. The van der Waals surface area contributed by atoms with Crippen LogP contribution in [0.15, 0.2) is 0 Å². The van der Waals surface area contributed by atoms with E-state index < -0.39 is 48.5 Å². The summed E-state index contributed by atoms with van der Waals surface area (Å²) in [7, 11) is 0. The number of alkyl halides is 1. The lowest BCUT2D eigenvalue weighted by Crippen LogP contribution is -2.65. The van der Waals surface area contributed by atoms with Gasteiger partial charge in [-0.2, -0.15) is 0 Å². The number of nitrogens with one attached hydrogen (secondary N) is 1. The molecule has 1 fully saturated rings. The van der Waals surface area contributed by atoms with Crippen molar-refractivity contribution in [2.24, 2.45) is 0 Å². The number of carbonyl (C=O) groups is 3. The molecule has 0 aliphatic carbocycles. The lowest BCUT2D eigenvalue weighted by Gasteiger charge is -2.43. The zero-order chi connectivity index (χ0) is 16.2. The molecule has 0 saturated carbocycles. The number of amides is 1. The van der Waals surface area contributed by atoms with E-state index in [4.69, 9.17) is 14.2 Å². The molecule has 0 spiro atoms. The number of esters is 2. The molecule has 1 aliphatic heterocycles. The Kier molecular flexibility index (Phi) is 6.56. The predicted octanol–water partition coefficient (Wildman–Crippen LogP) is -0.533. The van der Waals surface area contributed by atoms with Gasteiger partial charge in [0, 0.05) is 26.1 Å².